The van der Waals surface area contributed by atoms with Gasteiger partial charge in [0.05, 0.1) is 12.8 Å². The van der Waals surface area contributed by atoms with Gasteiger partial charge in [-0.3, -0.25) is 0 Å². The zero-order valence-electron chi connectivity index (χ0n) is 9.72. The molecule has 0 amide bonds. The molecule has 16 heavy (non-hydrogen) atoms. The van der Waals surface area contributed by atoms with Crippen molar-refractivity contribution in [2.45, 2.75) is 32.6 Å². The van der Waals surface area contributed by atoms with Crippen molar-refractivity contribution >= 4 is 6.21 Å². The summed E-state index contributed by atoms with van der Waals surface area (Å²) in [7, 11) is 0. The van der Waals surface area contributed by atoms with Crippen LogP contribution in [0.2, 0.25) is 0 Å². The Morgan fingerprint density at radius 1 is 1.19 bits per heavy atom. The first-order valence-electron chi connectivity index (χ1n) is 5.77. The van der Waals surface area contributed by atoms with E-state index in [0.29, 0.717) is 0 Å². The summed E-state index contributed by atoms with van der Waals surface area (Å²) in [6, 6.07) is 7.50. The van der Waals surface area contributed by atoms with Crippen LogP contribution in [0.1, 0.15) is 38.2 Å². The summed E-state index contributed by atoms with van der Waals surface area (Å²) in [5, 5.41) is 11.3. The van der Waals surface area contributed by atoms with Gasteiger partial charge in [-0.05, 0) is 36.2 Å². The average Bonchev–Trinajstić information content (AvgIpc) is 2.31. The van der Waals surface area contributed by atoms with Gasteiger partial charge in [0, 0.05) is 0 Å². The first kappa shape index (κ1) is 12.6. The van der Waals surface area contributed by atoms with Gasteiger partial charge in [0.1, 0.15) is 5.75 Å². The van der Waals surface area contributed by atoms with E-state index in [1.54, 1.807) is 0 Å². The van der Waals surface area contributed by atoms with Crippen LogP contribution < -0.4 is 4.74 Å². The van der Waals surface area contributed by atoms with Gasteiger partial charge in [0.2, 0.25) is 0 Å². The highest BCUT2D eigenvalue weighted by Crippen LogP contribution is 2.12. The number of ether oxygens (including phenoxy) is 1. The van der Waals surface area contributed by atoms with Crippen molar-refractivity contribution in [1.29, 1.82) is 0 Å². The van der Waals surface area contributed by atoms with Gasteiger partial charge in [-0.1, -0.05) is 31.3 Å². The molecule has 0 saturated carbocycles. The summed E-state index contributed by atoms with van der Waals surface area (Å²) in [4.78, 5) is 0. The van der Waals surface area contributed by atoms with E-state index >= 15 is 0 Å². The molecule has 0 radical (unpaired) electrons. The van der Waals surface area contributed by atoms with E-state index in [1.165, 1.54) is 25.5 Å². The Morgan fingerprint density at radius 3 is 2.56 bits per heavy atom. The van der Waals surface area contributed by atoms with Crippen molar-refractivity contribution in [3.05, 3.63) is 29.8 Å². The highest BCUT2D eigenvalue weighted by atomic mass is 16.5. The second kappa shape index (κ2) is 7.74. The second-order valence-electron chi connectivity index (χ2n) is 3.72. The topological polar surface area (TPSA) is 41.8 Å². The predicted octanol–water partition coefficient (Wildman–Crippen LogP) is 3.45. The Hall–Kier alpha value is -1.51. The van der Waals surface area contributed by atoms with Crippen LogP contribution >= 0.6 is 0 Å². The largest absolute Gasteiger partial charge is 0.494 e. The Morgan fingerprint density at radius 2 is 1.94 bits per heavy atom. The number of oxime groups is 1. The standard InChI is InChI=1S/C13H19NO2/c1-2-3-4-5-10-16-13-8-6-12(7-9-13)11-14-15/h6-9,11,15H,2-5,10H2,1H3/b14-11+. The summed E-state index contributed by atoms with van der Waals surface area (Å²) in [5.41, 5.74) is 0.862. The van der Waals surface area contributed by atoms with Gasteiger partial charge >= 0.3 is 0 Å². The van der Waals surface area contributed by atoms with E-state index in [0.717, 1.165) is 24.3 Å². The lowest BCUT2D eigenvalue weighted by atomic mass is 10.2. The maximum absolute atomic E-state index is 8.35. The zero-order valence-corrected chi connectivity index (χ0v) is 9.72. The highest BCUT2D eigenvalue weighted by molar-refractivity contribution is 5.79. The molecule has 1 aromatic rings. The molecule has 1 N–H and O–H groups in total. The maximum atomic E-state index is 8.35. The van der Waals surface area contributed by atoms with Gasteiger partial charge in [0.15, 0.2) is 0 Å². The molecule has 0 aliphatic carbocycles. The summed E-state index contributed by atoms with van der Waals surface area (Å²) in [6.07, 6.45) is 6.24. The predicted molar refractivity (Wildman–Crippen MR) is 65.5 cm³/mol. The molecule has 0 saturated heterocycles. The minimum Gasteiger partial charge on any atom is -0.494 e. The van der Waals surface area contributed by atoms with Gasteiger partial charge in [0.25, 0.3) is 0 Å². The number of hydrogen-bond donors (Lipinski definition) is 1. The molecule has 3 heteroatoms. The number of rotatable bonds is 7. The van der Waals surface area contributed by atoms with Crippen LogP contribution in [-0.2, 0) is 0 Å². The molecule has 1 aromatic carbocycles. The van der Waals surface area contributed by atoms with Crippen LogP contribution in [0.5, 0.6) is 5.75 Å². The van der Waals surface area contributed by atoms with Crippen molar-refractivity contribution in [2.24, 2.45) is 5.16 Å². The highest BCUT2D eigenvalue weighted by Gasteiger charge is 1.94. The van der Waals surface area contributed by atoms with E-state index in [1.807, 2.05) is 24.3 Å². The van der Waals surface area contributed by atoms with E-state index < -0.39 is 0 Å². The lowest BCUT2D eigenvalue weighted by Crippen LogP contribution is -1.97. The fraction of sp³-hybridized carbons (Fsp3) is 0.462. The third-order valence-electron chi connectivity index (χ3n) is 2.35. The lowest BCUT2D eigenvalue weighted by Gasteiger charge is -2.05. The first-order chi connectivity index (χ1) is 7.86. The molecule has 0 bridgehead atoms. The fourth-order valence-electron chi connectivity index (χ4n) is 1.44. The SMILES string of the molecule is CCCCCCOc1ccc(/C=N/O)cc1. The lowest BCUT2D eigenvalue weighted by molar-refractivity contribution is 0.305. The molecule has 0 fully saturated rings. The summed E-state index contributed by atoms with van der Waals surface area (Å²) in [5.74, 6) is 0.867. The van der Waals surface area contributed by atoms with Gasteiger partial charge in [-0.25, -0.2) is 0 Å². The Labute approximate surface area is 96.7 Å². The van der Waals surface area contributed by atoms with Crippen LogP contribution in [-0.4, -0.2) is 18.0 Å². The number of hydrogen-bond acceptors (Lipinski definition) is 3. The first-order valence-corrected chi connectivity index (χ1v) is 5.77. The van der Waals surface area contributed by atoms with Crippen LogP contribution in [0.15, 0.2) is 29.4 Å². The van der Waals surface area contributed by atoms with E-state index in [9.17, 15) is 0 Å². The minimum atomic E-state index is 0.771. The van der Waals surface area contributed by atoms with Crippen LogP contribution in [0.4, 0.5) is 0 Å². The fourth-order valence-corrected chi connectivity index (χ4v) is 1.44. The molecule has 0 heterocycles. The zero-order chi connectivity index (χ0) is 11.6. The van der Waals surface area contributed by atoms with Crippen LogP contribution in [0.3, 0.4) is 0 Å². The van der Waals surface area contributed by atoms with E-state index in [4.69, 9.17) is 9.94 Å². The smallest absolute Gasteiger partial charge is 0.119 e. The average molecular weight is 221 g/mol. The third kappa shape index (κ3) is 4.82. The van der Waals surface area contributed by atoms with E-state index in [-0.39, 0.29) is 0 Å². The Kier molecular flexibility index (Phi) is 6.07. The van der Waals surface area contributed by atoms with Gasteiger partial charge in [-0.15, -0.1) is 0 Å². The summed E-state index contributed by atoms with van der Waals surface area (Å²) < 4.78 is 5.58. The number of unbranched alkanes of at least 4 members (excludes halogenated alkanes) is 3. The second-order valence-corrected chi connectivity index (χ2v) is 3.72. The number of benzene rings is 1. The molecule has 0 aromatic heterocycles. The molecule has 0 unspecified atom stereocenters. The molecule has 0 aliphatic rings. The molecule has 88 valence electrons. The molecule has 1 rings (SSSR count). The van der Waals surface area contributed by atoms with Crippen LogP contribution in [0, 0.1) is 0 Å². The summed E-state index contributed by atoms with van der Waals surface area (Å²) in [6.45, 7) is 2.97. The number of nitrogens with zero attached hydrogens (tertiary/aromatic N) is 1. The molecular formula is C13H19NO2. The normalized spacial score (nSPS) is 10.8. The van der Waals surface area contributed by atoms with Crippen molar-refractivity contribution < 1.29 is 9.94 Å². The minimum absolute atomic E-state index is 0.771. The Balaban J connectivity index is 2.26. The van der Waals surface area contributed by atoms with Gasteiger partial charge in [-0.2, -0.15) is 0 Å². The van der Waals surface area contributed by atoms with Crippen molar-refractivity contribution in [3.8, 4) is 5.75 Å². The molecule has 0 spiro atoms. The van der Waals surface area contributed by atoms with Gasteiger partial charge < -0.3 is 9.94 Å². The van der Waals surface area contributed by atoms with E-state index in [2.05, 4.69) is 12.1 Å². The molecule has 0 aliphatic heterocycles. The molecular weight excluding hydrogens is 202 g/mol. The van der Waals surface area contributed by atoms with Crippen molar-refractivity contribution in [2.75, 3.05) is 6.61 Å². The third-order valence-corrected chi connectivity index (χ3v) is 2.35. The quantitative estimate of drug-likeness (QED) is 0.331. The monoisotopic (exact) mass is 221 g/mol. The molecule has 0 atom stereocenters. The molecule has 3 nitrogen and oxygen atoms in total. The summed E-state index contributed by atoms with van der Waals surface area (Å²) >= 11 is 0. The Bertz CT molecular complexity index is 306. The van der Waals surface area contributed by atoms with Crippen molar-refractivity contribution in [1.82, 2.24) is 0 Å². The van der Waals surface area contributed by atoms with Crippen molar-refractivity contribution in [3.63, 3.8) is 0 Å². The van der Waals surface area contributed by atoms with Crippen LogP contribution in [0.25, 0.3) is 0 Å². The maximum Gasteiger partial charge on any atom is 0.119 e.